The summed E-state index contributed by atoms with van der Waals surface area (Å²) >= 11 is 0. The first-order valence-electron chi connectivity index (χ1n) is 5.68. The third-order valence-corrected chi connectivity index (χ3v) is 2.45. The Bertz CT molecular complexity index is 645. The van der Waals surface area contributed by atoms with Gasteiger partial charge in [-0.25, -0.2) is 9.78 Å². The number of esters is 1. The smallest absolute Gasteiger partial charge is 0.341 e. The summed E-state index contributed by atoms with van der Waals surface area (Å²) < 4.78 is 6.28. The third-order valence-electron chi connectivity index (χ3n) is 2.45. The summed E-state index contributed by atoms with van der Waals surface area (Å²) in [6.07, 6.45) is 5.04. The Hall–Kier alpha value is -2.44. The maximum absolute atomic E-state index is 11.8. The lowest BCUT2D eigenvalue weighted by atomic mass is 10.2. The average molecular weight is 261 g/mol. The second-order valence-electron chi connectivity index (χ2n) is 4.20. The van der Waals surface area contributed by atoms with Gasteiger partial charge in [0, 0.05) is 26.5 Å². The zero-order chi connectivity index (χ0) is 14.0. The molecule has 7 nitrogen and oxygen atoms in total. The zero-order valence-electron chi connectivity index (χ0n) is 11.3. The van der Waals surface area contributed by atoms with Crippen LogP contribution in [0.25, 0.3) is 11.9 Å². The standard InChI is InChI=1S/C12H15N5O2/c1-8-14-12-13-7-9(11(18)19-4)10(17(12)15-8)5-6-16(2)3/h5-7H,1-4H3/b6-5+. The lowest BCUT2D eigenvalue weighted by molar-refractivity contribution is 0.0599. The molecule has 2 aromatic rings. The van der Waals surface area contributed by atoms with Gasteiger partial charge in [-0.2, -0.15) is 9.50 Å². The van der Waals surface area contributed by atoms with Gasteiger partial charge >= 0.3 is 5.97 Å². The monoisotopic (exact) mass is 261 g/mol. The molecule has 100 valence electrons. The van der Waals surface area contributed by atoms with Gasteiger partial charge in [0.1, 0.15) is 11.4 Å². The molecule has 0 aliphatic carbocycles. The number of aromatic nitrogens is 4. The van der Waals surface area contributed by atoms with Crippen molar-refractivity contribution in [3.63, 3.8) is 0 Å². The molecule has 0 amide bonds. The molecule has 0 saturated heterocycles. The maximum atomic E-state index is 11.8. The number of methoxy groups -OCH3 is 1. The number of carbonyl (C=O) groups excluding carboxylic acids is 1. The summed E-state index contributed by atoms with van der Waals surface area (Å²) in [6, 6.07) is 0. The molecule has 0 atom stereocenters. The van der Waals surface area contributed by atoms with Crippen LogP contribution in [-0.2, 0) is 4.74 Å². The lowest BCUT2D eigenvalue weighted by Crippen LogP contribution is -2.10. The van der Waals surface area contributed by atoms with E-state index in [1.54, 1.807) is 13.0 Å². The molecule has 2 rings (SSSR count). The minimum Gasteiger partial charge on any atom is -0.465 e. The fourth-order valence-electron chi connectivity index (χ4n) is 1.60. The molecule has 0 aliphatic rings. The Morgan fingerprint density at radius 3 is 2.84 bits per heavy atom. The van der Waals surface area contributed by atoms with Crippen LogP contribution >= 0.6 is 0 Å². The lowest BCUT2D eigenvalue weighted by Gasteiger charge is -2.07. The third kappa shape index (κ3) is 2.54. The molecular weight excluding hydrogens is 246 g/mol. The Kier molecular flexibility index (Phi) is 3.46. The van der Waals surface area contributed by atoms with Gasteiger partial charge in [0.25, 0.3) is 5.78 Å². The van der Waals surface area contributed by atoms with Crippen LogP contribution in [0.3, 0.4) is 0 Å². The Labute approximate surface area is 110 Å². The molecule has 0 aliphatic heterocycles. The molecule has 0 N–H and O–H groups in total. The molecular formula is C12H15N5O2. The molecule has 0 fully saturated rings. The highest BCUT2D eigenvalue weighted by molar-refractivity contribution is 5.92. The fourth-order valence-corrected chi connectivity index (χ4v) is 1.60. The van der Waals surface area contributed by atoms with Gasteiger partial charge in [0.05, 0.1) is 12.8 Å². The molecule has 0 spiro atoms. The van der Waals surface area contributed by atoms with Gasteiger partial charge in [0.15, 0.2) is 0 Å². The van der Waals surface area contributed by atoms with Crippen molar-refractivity contribution in [3.8, 4) is 0 Å². The van der Waals surface area contributed by atoms with Crippen LogP contribution in [0.1, 0.15) is 21.9 Å². The van der Waals surface area contributed by atoms with E-state index in [9.17, 15) is 4.79 Å². The predicted octanol–water partition coefficient (Wildman–Crippen LogP) is 0.752. The highest BCUT2D eigenvalue weighted by atomic mass is 16.5. The van der Waals surface area contributed by atoms with Crippen LogP contribution in [0, 0.1) is 6.92 Å². The van der Waals surface area contributed by atoms with Gasteiger partial charge in [-0.1, -0.05) is 0 Å². The second-order valence-corrected chi connectivity index (χ2v) is 4.20. The number of fused-ring (bicyclic) bond motifs is 1. The van der Waals surface area contributed by atoms with Crippen molar-refractivity contribution in [1.29, 1.82) is 0 Å². The molecule has 0 bridgehead atoms. The predicted molar refractivity (Wildman–Crippen MR) is 69.6 cm³/mol. The number of carbonyl (C=O) groups is 1. The number of hydrogen-bond acceptors (Lipinski definition) is 6. The Morgan fingerprint density at radius 1 is 1.47 bits per heavy atom. The number of hydrogen-bond donors (Lipinski definition) is 0. The SMILES string of the molecule is COC(=O)c1cnc2nc(C)nn2c1/C=C/N(C)C. The molecule has 0 aromatic carbocycles. The molecule has 19 heavy (non-hydrogen) atoms. The van der Waals surface area contributed by atoms with E-state index in [1.165, 1.54) is 17.8 Å². The highest BCUT2D eigenvalue weighted by Gasteiger charge is 2.16. The fraction of sp³-hybridized carbons (Fsp3) is 0.333. The number of aryl methyl sites for hydroxylation is 1. The average Bonchev–Trinajstić information content (AvgIpc) is 2.75. The summed E-state index contributed by atoms with van der Waals surface area (Å²) in [6.45, 7) is 1.77. The van der Waals surface area contributed by atoms with Crippen molar-refractivity contribution in [2.75, 3.05) is 21.2 Å². The molecule has 7 heteroatoms. The summed E-state index contributed by atoms with van der Waals surface area (Å²) in [5.41, 5.74) is 0.934. The first-order chi connectivity index (χ1) is 9.02. The number of rotatable bonds is 3. The van der Waals surface area contributed by atoms with Crippen molar-refractivity contribution < 1.29 is 9.53 Å². The van der Waals surface area contributed by atoms with Crippen LogP contribution in [0.15, 0.2) is 12.4 Å². The molecule has 2 heterocycles. The Morgan fingerprint density at radius 2 is 2.21 bits per heavy atom. The first kappa shape index (κ1) is 13.0. The van der Waals surface area contributed by atoms with Crippen molar-refractivity contribution >= 4 is 17.8 Å². The topological polar surface area (TPSA) is 72.6 Å². The normalized spacial score (nSPS) is 11.2. The van der Waals surface area contributed by atoms with E-state index in [1.807, 2.05) is 25.2 Å². The van der Waals surface area contributed by atoms with Crippen molar-refractivity contribution in [1.82, 2.24) is 24.5 Å². The minimum atomic E-state index is -0.457. The van der Waals surface area contributed by atoms with Gasteiger partial charge in [-0.15, -0.1) is 5.10 Å². The van der Waals surface area contributed by atoms with Crippen LogP contribution in [0.4, 0.5) is 0 Å². The maximum Gasteiger partial charge on any atom is 0.341 e. The van der Waals surface area contributed by atoms with Gasteiger partial charge in [0.2, 0.25) is 0 Å². The minimum absolute atomic E-state index is 0.345. The van der Waals surface area contributed by atoms with Gasteiger partial charge < -0.3 is 9.64 Å². The van der Waals surface area contributed by atoms with Crippen LogP contribution in [-0.4, -0.2) is 51.7 Å². The number of ether oxygens (including phenoxy) is 1. The quantitative estimate of drug-likeness (QED) is 0.759. The van der Waals surface area contributed by atoms with Gasteiger partial charge in [-0.3, -0.25) is 0 Å². The molecule has 0 saturated carbocycles. The summed E-state index contributed by atoms with van der Waals surface area (Å²) in [5, 5.41) is 4.23. The summed E-state index contributed by atoms with van der Waals surface area (Å²) in [4.78, 5) is 21.9. The van der Waals surface area contributed by atoms with Crippen LogP contribution < -0.4 is 0 Å². The first-order valence-corrected chi connectivity index (χ1v) is 5.68. The molecule has 2 aromatic heterocycles. The summed E-state index contributed by atoms with van der Waals surface area (Å²) in [7, 11) is 5.11. The highest BCUT2D eigenvalue weighted by Crippen LogP contribution is 2.13. The van der Waals surface area contributed by atoms with E-state index in [0.29, 0.717) is 22.9 Å². The molecule has 0 unspecified atom stereocenters. The van der Waals surface area contributed by atoms with Crippen LogP contribution in [0.2, 0.25) is 0 Å². The van der Waals surface area contributed by atoms with E-state index < -0.39 is 5.97 Å². The summed E-state index contributed by atoms with van der Waals surface area (Å²) in [5.74, 6) is 0.582. The van der Waals surface area contributed by atoms with Crippen molar-refractivity contribution in [2.45, 2.75) is 6.92 Å². The Balaban J connectivity index is 2.67. The van der Waals surface area contributed by atoms with E-state index in [4.69, 9.17) is 4.74 Å². The van der Waals surface area contributed by atoms with Gasteiger partial charge in [-0.05, 0) is 13.0 Å². The second kappa shape index (κ2) is 5.05. The zero-order valence-corrected chi connectivity index (χ0v) is 11.3. The van der Waals surface area contributed by atoms with Crippen molar-refractivity contribution in [2.24, 2.45) is 0 Å². The van der Waals surface area contributed by atoms with E-state index >= 15 is 0 Å². The van der Waals surface area contributed by atoms with Crippen LogP contribution in [0.5, 0.6) is 0 Å². The van der Waals surface area contributed by atoms with E-state index in [-0.39, 0.29) is 0 Å². The number of nitrogens with zero attached hydrogens (tertiary/aromatic N) is 5. The van der Waals surface area contributed by atoms with E-state index in [2.05, 4.69) is 15.1 Å². The van der Waals surface area contributed by atoms with E-state index in [0.717, 1.165) is 0 Å². The molecule has 0 radical (unpaired) electrons. The largest absolute Gasteiger partial charge is 0.465 e. The van der Waals surface area contributed by atoms with Crippen molar-refractivity contribution in [3.05, 3.63) is 29.5 Å².